The molecule has 1 N–H and O–H groups in total. The van der Waals surface area contributed by atoms with Crippen molar-refractivity contribution in [2.24, 2.45) is 5.92 Å². The fraction of sp³-hybridized carbons (Fsp3) is 1.00. The largest absolute Gasteiger partial charge is 0.314 e. The first-order chi connectivity index (χ1) is 10.3. The standard InChI is InChI=1S/C18H37N3/c1-3-10-19-18-9-7-5-6-8-17(18)16-21-14-12-20(11-4-2)13-15-21/h17-19H,3-16H2,1-2H3. The molecule has 0 aromatic heterocycles. The normalized spacial score (nSPS) is 29.4. The summed E-state index contributed by atoms with van der Waals surface area (Å²) in [6.07, 6.45) is 9.74. The average Bonchev–Trinajstić information content (AvgIpc) is 2.73. The van der Waals surface area contributed by atoms with E-state index in [0.717, 1.165) is 12.0 Å². The third kappa shape index (κ3) is 5.88. The second-order valence-electron chi connectivity index (χ2n) is 7.10. The average molecular weight is 296 g/mol. The molecule has 2 atom stereocenters. The van der Waals surface area contributed by atoms with E-state index in [1.165, 1.54) is 90.8 Å². The van der Waals surface area contributed by atoms with Crippen LogP contribution in [0.15, 0.2) is 0 Å². The van der Waals surface area contributed by atoms with E-state index in [0.29, 0.717) is 0 Å². The van der Waals surface area contributed by atoms with Crippen LogP contribution in [0.1, 0.15) is 58.8 Å². The molecule has 124 valence electrons. The van der Waals surface area contributed by atoms with Gasteiger partial charge in [0.25, 0.3) is 0 Å². The zero-order valence-electron chi connectivity index (χ0n) is 14.4. The number of rotatable bonds is 7. The van der Waals surface area contributed by atoms with E-state index in [9.17, 15) is 0 Å². The van der Waals surface area contributed by atoms with E-state index in [-0.39, 0.29) is 0 Å². The molecule has 1 saturated heterocycles. The Labute approximate surface area is 132 Å². The van der Waals surface area contributed by atoms with Gasteiger partial charge in [-0.15, -0.1) is 0 Å². The lowest BCUT2D eigenvalue weighted by atomic mass is 9.93. The fourth-order valence-electron chi connectivity index (χ4n) is 4.04. The SMILES string of the molecule is CCCNC1CCCCCC1CN1CCN(CCC)CC1. The Morgan fingerprint density at radius 2 is 1.57 bits per heavy atom. The Kier molecular flexibility index (Phi) is 8.05. The molecule has 2 fully saturated rings. The van der Waals surface area contributed by atoms with E-state index < -0.39 is 0 Å². The molecule has 2 rings (SSSR count). The predicted octanol–water partition coefficient (Wildman–Crippen LogP) is 2.96. The van der Waals surface area contributed by atoms with Gasteiger partial charge in [0.2, 0.25) is 0 Å². The molecule has 2 aliphatic rings. The van der Waals surface area contributed by atoms with Crippen LogP contribution in [0.5, 0.6) is 0 Å². The quantitative estimate of drug-likeness (QED) is 0.729. The fourth-order valence-corrected chi connectivity index (χ4v) is 4.04. The molecule has 1 heterocycles. The highest BCUT2D eigenvalue weighted by atomic mass is 15.3. The maximum Gasteiger partial charge on any atom is 0.0110 e. The highest BCUT2D eigenvalue weighted by molar-refractivity contribution is 4.83. The number of nitrogens with zero attached hydrogens (tertiary/aromatic N) is 2. The van der Waals surface area contributed by atoms with Crippen molar-refractivity contribution in [3.63, 3.8) is 0 Å². The Morgan fingerprint density at radius 1 is 0.857 bits per heavy atom. The van der Waals surface area contributed by atoms with Gasteiger partial charge < -0.3 is 15.1 Å². The molecule has 0 amide bonds. The molecular formula is C18H37N3. The van der Waals surface area contributed by atoms with Crippen LogP contribution in [0.2, 0.25) is 0 Å². The van der Waals surface area contributed by atoms with Crippen LogP contribution < -0.4 is 5.32 Å². The van der Waals surface area contributed by atoms with Crippen molar-refractivity contribution in [2.75, 3.05) is 45.8 Å². The first-order valence-corrected chi connectivity index (χ1v) is 9.51. The first kappa shape index (κ1) is 17.2. The van der Waals surface area contributed by atoms with Crippen LogP contribution in [0.25, 0.3) is 0 Å². The van der Waals surface area contributed by atoms with Crippen LogP contribution in [-0.4, -0.2) is 61.7 Å². The highest BCUT2D eigenvalue weighted by Crippen LogP contribution is 2.25. The summed E-state index contributed by atoms with van der Waals surface area (Å²) in [5.41, 5.74) is 0. The molecule has 3 heteroatoms. The van der Waals surface area contributed by atoms with E-state index in [2.05, 4.69) is 29.0 Å². The summed E-state index contributed by atoms with van der Waals surface area (Å²) in [6.45, 7) is 13.5. The molecule has 1 aliphatic heterocycles. The van der Waals surface area contributed by atoms with Crippen LogP contribution in [0.3, 0.4) is 0 Å². The number of hydrogen-bond acceptors (Lipinski definition) is 3. The lowest BCUT2D eigenvalue weighted by molar-refractivity contribution is 0.107. The van der Waals surface area contributed by atoms with Gasteiger partial charge in [0.15, 0.2) is 0 Å². The van der Waals surface area contributed by atoms with Crippen molar-refractivity contribution in [2.45, 2.75) is 64.8 Å². The summed E-state index contributed by atoms with van der Waals surface area (Å²) < 4.78 is 0. The molecule has 1 saturated carbocycles. The summed E-state index contributed by atoms with van der Waals surface area (Å²) in [4.78, 5) is 5.37. The van der Waals surface area contributed by atoms with E-state index in [4.69, 9.17) is 0 Å². The number of piperazine rings is 1. The summed E-state index contributed by atoms with van der Waals surface area (Å²) in [5.74, 6) is 0.886. The number of nitrogens with one attached hydrogen (secondary N) is 1. The highest BCUT2D eigenvalue weighted by Gasteiger charge is 2.26. The minimum absolute atomic E-state index is 0.779. The number of hydrogen-bond donors (Lipinski definition) is 1. The van der Waals surface area contributed by atoms with Crippen molar-refractivity contribution in [3.8, 4) is 0 Å². The Morgan fingerprint density at radius 3 is 2.29 bits per heavy atom. The summed E-state index contributed by atoms with van der Waals surface area (Å²) in [7, 11) is 0. The van der Waals surface area contributed by atoms with Crippen molar-refractivity contribution < 1.29 is 0 Å². The topological polar surface area (TPSA) is 18.5 Å². The van der Waals surface area contributed by atoms with Gasteiger partial charge in [-0.2, -0.15) is 0 Å². The minimum Gasteiger partial charge on any atom is -0.314 e. The van der Waals surface area contributed by atoms with Crippen LogP contribution in [0, 0.1) is 5.92 Å². The molecule has 21 heavy (non-hydrogen) atoms. The van der Waals surface area contributed by atoms with Crippen molar-refractivity contribution in [1.82, 2.24) is 15.1 Å². The van der Waals surface area contributed by atoms with Gasteiger partial charge in [0.05, 0.1) is 0 Å². The van der Waals surface area contributed by atoms with Crippen LogP contribution in [0.4, 0.5) is 0 Å². The zero-order valence-corrected chi connectivity index (χ0v) is 14.4. The third-order valence-corrected chi connectivity index (χ3v) is 5.31. The Balaban J connectivity index is 1.78. The summed E-state index contributed by atoms with van der Waals surface area (Å²) >= 11 is 0. The lowest BCUT2D eigenvalue weighted by Gasteiger charge is -2.38. The molecule has 0 aromatic carbocycles. The minimum atomic E-state index is 0.779. The molecule has 3 nitrogen and oxygen atoms in total. The van der Waals surface area contributed by atoms with Crippen molar-refractivity contribution in [1.29, 1.82) is 0 Å². The molecule has 1 aliphatic carbocycles. The molecule has 2 unspecified atom stereocenters. The molecule has 0 radical (unpaired) electrons. The molecular weight excluding hydrogens is 258 g/mol. The van der Waals surface area contributed by atoms with Gasteiger partial charge >= 0.3 is 0 Å². The summed E-state index contributed by atoms with van der Waals surface area (Å²) in [5, 5.41) is 3.84. The third-order valence-electron chi connectivity index (χ3n) is 5.31. The van der Waals surface area contributed by atoms with Crippen molar-refractivity contribution in [3.05, 3.63) is 0 Å². The maximum atomic E-state index is 3.84. The van der Waals surface area contributed by atoms with E-state index in [1.807, 2.05) is 0 Å². The van der Waals surface area contributed by atoms with Gasteiger partial charge in [-0.05, 0) is 44.7 Å². The molecule has 0 spiro atoms. The van der Waals surface area contributed by atoms with Gasteiger partial charge in [0.1, 0.15) is 0 Å². The van der Waals surface area contributed by atoms with Crippen LogP contribution in [-0.2, 0) is 0 Å². The van der Waals surface area contributed by atoms with Gasteiger partial charge in [0, 0.05) is 38.8 Å². The van der Waals surface area contributed by atoms with Crippen molar-refractivity contribution >= 4 is 0 Å². The lowest BCUT2D eigenvalue weighted by Crippen LogP contribution is -2.50. The summed E-state index contributed by atoms with van der Waals surface area (Å²) in [6, 6.07) is 0.779. The van der Waals surface area contributed by atoms with E-state index >= 15 is 0 Å². The van der Waals surface area contributed by atoms with Gasteiger partial charge in [-0.1, -0.05) is 33.1 Å². The Hall–Kier alpha value is -0.120. The Bertz CT molecular complexity index is 261. The van der Waals surface area contributed by atoms with Gasteiger partial charge in [-0.3, -0.25) is 0 Å². The van der Waals surface area contributed by atoms with Gasteiger partial charge in [-0.25, -0.2) is 0 Å². The second-order valence-corrected chi connectivity index (χ2v) is 7.10. The maximum absolute atomic E-state index is 3.84. The molecule has 0 bridgehead atoms. The predicted molar refractivity (Wildman–Crippen MR) is 91.8 cm³/mol. The van der Waals surface area contributed by atoms with E-state index in [1.54, 1.807) is 0 Å². The zero-order chi connectivity index (χ0) is 14.9. The smallest absolute Gasteiger partial charge is 0.0110 e. The first-order valence-electron chi connectivity index (χ1n) is 9.51. The van der Waals surface area contributed by atoms with Crippen LogP contribution >= 0.6 is 0 Å². The molecule has 0 aromatic rings. The second kappa shape index (κ2) is 9.81. The monoisotopic (exact) mass is 295 g/mol.